The van der Waals surface area contributed by atoms with E-state index >= 15 is 0 Å². The number of hydrogen-bond donors (Lipinski definition) is 2. The monoisotopic (exact) mass is 495 g/mol. The highest BCUT2D eigenvalue weighted by Crippen LogP contribution is 2.35. The van der Waals surface area contributed by atoms with Crippen molar-refractivity contribution in [2.45, 2.75) is 6.54 Å². The average molecular weight is 496 g/mol. The predicted octanol–water partition coefficient (Wildman–Crippen LogP) is 5.69. The Labute approximate surface area is 211 Å². The van der Waals surface area contributed by atoms with Crippen LogP contribution in [0.15, 0.2) is 107 Å². The number of amidine groups is 1. The zero-order chi connectivity index (χ0) is 25.1. The molecule has 7 nitrogen and oxygen atoms in total. The highest BCUT2D eigenvalue weighted by Gasteiger charge is 2.33. The van der Waals surface area contributed by atoms with Gasteiger partial charge < -0.3 is 14.8 Å². The second-order valence-electron chi connectivity index (χ2n) is 8.05. The molecule has 0 aliphatic carbocycles. The number of para-hydroxylation sites is 1. The van der Waals surface area contributed by atoms with Gasteiger partial charge >= 0.3 is 5.97 Å². The Morgan fingerprint density at radius 1 is 0.917 bits per heavy atom. The van der Waals surface area contributed by atoms with Crippen LogP contribution in [0.25, 0.3) is 11.8 Å². The molecule has 2 N–H and O–H groups in total. The van der Waals surface area contributed by atoms with Crippen LogP contribution >= 0.6 is 11.8 Å². The van der Waals surface area contributed by atoms with Gasteiger partial charge in [-0.3, -0.25) is 9.69 Å². The van der Waals surface area contributed by atoms with E-state index in [1.54, 1.807) is 41.3 Å². The lowest BCUT2D eigenvalue weighted by Crippen LogP contribution is -2.28. The van der Waals surface area contributed by atoms with Gasteiger partial charge in [0.1, 0.15) is 5.75 Å². The second-order valence-corrected chi connectivity index (χ2v) is 9.06. The minimum Gasteiger partial charge on any atom is -0.508 e. The van der Waals surface area contributed by atoms with Crippen molar-refractivity contribution >= 4 is 40.6 Å². The summed E-state index contributed by atoms with van der Waals surface area (Å²) in [5.41, 5.74) is 3.38. The second kappa shape index (κ2) is 9.97. The Kier molecular flexibility index (Phi) is 6.42. The van der Waals surface area contributed by atoms with Crippen LogP contribution in [0.3, 0.4) is 0 Å². The fourth-order valence-electron chi connectivity index (χ4n) is 3.77. The van der Waals surface area contributed by atoms with Gasteiger partial charge in [0, 0.05) is 17.6 Å². The fourth-order valence-corrected chi connectivity index (χ4v) is 4.76. The number of amides is 1. The Hall–Kier alpha value is -4.56. The van der Waals surface area contributed by atoms with Gasteiger partial charge in [0.15, 0.2) is 5.17 Å². The van der Waals surface area contributed by atoms with Gasteiger partial charge in [0.2, 0.25) is 0 Å². The van der Waals surface area contributed by atoms with Gasteiger partial charge in [-0.2, -0.15) is 0 Å². The lowest BCUT2D eigenvalue weighted by molar-refractivity contribution is -0.122. The number of hydrogen-bond acceptors (Lipinski definition) is 5. The van der Waals surface area contributed by atoms with E-state index in [9.17, 15) is 19.8 Å². The number of benzene rings is 3. The smallest absolute Gasteiger partial charge is 0.335 e. The van der Waals surface area contributed by atoms with E-state index in [0.29, 0.717) is 10.1 Å². The molecule has 8 heteroatoms. The van der Waals surface area contributed by atoms with Crippen molar-refractivity contribution in [2.75, 3.05) is 0 Å². The predicted molar refractivity (Wildman–Crippen MR) is 140 cm³/mol. The summed E-state index contributed by atoms with van der Waals surface area (Å²) < 4.78 is 1.93. The van der Waals surface area contributed by atoms with Crippen LogP contribution in [0.2, 0.25) is 0 Å². The molecule has 5 rings (SSSR count). The van der Waals surface area contributed by atoms with Gasteiger partial charge in [-0.25, -0.2) is 9.79 Å². The molecule has 1 fully saturated rings. The number of phenols is 1. The molecule has 0 radical (unpaired) electrons. The highest BCUT2D eigenvalue weighted by atomic mass is 32.2. The molecule has 2 heterocycles. The number of phenolic OH excluding ortho intramolecular Hbond substituents is 1. The summed E-state index contributed by atoms with van der Waals surface area (Å²) >= 11 is 1.29. The van der Waals surface area contributed by atoms with Crippen molar-refractivity contribution < 1.29 is 19.8 Å². The summed E-state index contributed by atoms with van der Waals surface area (Å²) in [5.74, 6) is -1.00. The Morgan fingerprint density at radius 3 is 2.33 bits per heavy atom. The van der Waals surface area contributed by atoms with Crippen molar-refractivity contribution in [3.8, 4) is 11.4 Å². The van der Waals surface area contributed by atoms with Crippen LogP contribution in [-0.4, -0.2) is 36.7 Å². The number of aromatic carboxylic acids is 1. The third-order valence-electron chi connectivity index (χ3n) is 5.60. The first-order chi connectivity index (χ1) is 17.5. The molecule has 36 heavy (non-hydrogen) atoms. The molecule has 1 aromatic heterocycles. The fraction of sp³-hybridized carbons (Fsp3) is 0.0357. The molecule has 3 aromatic carbocycles. The summed E-state index contributed by atoms with van der Waals surface area (Å²) in [6.07, 6.45) is 3.72. The number of nitrogens with zero attached hydrogens (tertiary/aromatic N) is 3. The van der Waals surface area contributed by atoms with Crippen molar-refractivity contribution in [3.05, 3.63) is 119 Å². The molecule has 1 aliphatic rings. The number of thioether (sulfide) groups is 1. The molecule has 0 saturated carbocycles. The summed E-state index contributed by atoms with van der Waals surface area (Å²) in [7, 11) is 0. The van der Waals surface area contributed by atoms with Gasteiger partial charge in [0.25, 0.3) is 5.91 Å². The lowest BCUT2D eigenvalue weighted by atomic mass is 10.1. The largest absolute Gasteiger partial charge is 0.508 e. The highest BCUT2D eigenvalue weighted by molar-refractivity contribution is 8.18. The van der Waals surface area contributed by atoms with E-state index in [1.165, 1.54) is 23.9 Å². The minimum atomic E-state index is -0.998. The maximum absolute atomic E-state index is 13.5. The average Bonchev–Trinajstić information content (AvgIpc) is 3.46. The van der Waals surface area contributed by atoms with Crippen LogP contribution in [0.5, 0.6) is 5.75 Å². The Morgan fingerprint density at radius 2 is 1.64 bits per heavy atom. The number of carbonyl (C=O) groups excluding carboxylic acids is 1. The van der Waals surface area contributed by atoms with E-state index < -0.39 is 5.97 Å². The number of rotatable bonds is 6. The number of aromatic hydroxyl groups is 1. The number of aliphatic imine (C=N–C) groups is 1. The number of aromatic nitrogens is 1. The molecule has 1 amide bonds. The van der Waals surface area contributed by atoms with E-state index in [-0.39, 0.29) is 23.8 Å². The number of carbonyl (C=O) groups is 2. The summed E-state index contributed by atoms with van der Waals surface area (Å²) in [4.78, 5) is 31.6. The third-order valence-corrected chi connectivity index (χ3v) is 6.60. The van der Waals surface area contributed by atoms with Crippen molar-refractivity contribution in [2.24, 2.45) is 4.99 Å². The Balaban J connectivity index is 1.49. The topological polar surface area (TPSA) is 95.1 Å². The summed E-state index contributed by atoms with van der Waals surface area (Å²) in [6.45, 7) is 0.258. The van der Waals surface area contributed by atoms with Gasteiger partial charge in [0.05, 0.1) is 22.7 Å². The van der Waals surface area contributed by atoms with Gasteiger partial charge in [-0.05, 0) is 84.1 Å². The standard InChI is InChI=1S/C28H21N3O4S/c32-24-14-12-22(13-15-24)30-16-4-7-23(30)17-25-26(33)31(18-19-8-10-20(11-9-19)27(34)35)28(36-25)29-21-5-2-1-3-6-21/h1-17,32H,18H2,(H,34,35)/b25-17-,29-28?. The zero-order valence-electron chi connectivity index (χ0n) is 19.0. The number of carboxylic acid groups (broad SMARTS) is 1. The third kappa shape index (κ3) is 4.94. The lowest BCUT2D eigenvalue weighted by Gasteiger charge is -2.16. The molecule has 4 aromatic rings. The van der Waals surface area contributed by atoms with Gasteiger partial charge in [-0.1, -0.05) is 30.3 Å². The molecule has 0 atom stereocenters. The van der Waals surface area contributed by atoms with Crippen LogP contribution in [0, 0.1) is 0 Å². The molecular formula is C28H21N3O4S. The van der Waals surface area contributed by atoms with E-state index in [2.05, 4.69) is 0 Å². The van der Waals surface area contributed by atoms with E-state index in [0.717, 1.165) is 22.6 Å². The molecule has 178 valence electrons. The maximum atomic E-state index is 13.5. The van der Waals surface area contributed by atoms with Crippen LogP contribution in [-0.2, 0) is 11.3 Å². The van der Waals surface area contributed by atoms with E-state index in [4.69, 9.17) is 4.99 Å². The molecular weight excluding hydrogens is 474 g/mol. The molecule has 1 saturated heterocycles. The SMILES string of the molecule is O=C(O)c1ccc(CN2C(=O)/C(=C/c3cccn3-c3ccc(O)cc3)SC2=Nc2ccccc2)cc1. The molecule has 0 unspecified atom stereocenters. The first kappa shape index (κ1) is 23.2. The van der Waals surface area contributed by atoms with E-state index in [1.807, 2.05) is 59.3 Å². The van der Waals surface area contributed by atoms with Gasteiger partial charge in [-0.15, -0.1) is 0 Å². The number of carboxylic acids is 1. The first-order valence-electron chi connectivity index (χ1n) is 11.1. The normalized spacial score (nSPS) is 15.7. The Bertz CT molecular complexity index is 1470. The van der Waals surface area contributed by atoms with Crippen LogP contribution in [0.1, 0.15) is 21.6 Å². The maximum Gasteiger partial charge on any atom is 0.335 e. The molecule has 1 aliphatic heterocycles. The molecule has 0 bridgehead atoms. The zero-order valence-corrected chi connectivity index (χ0v) is 19.8. The van der Waals surface area contributed by atoms with Crippen LogP contribution < -0.4 is 0 Å². The van der Waals surface area contributed by atoms with Crippen molar-refractivity contribution in [1.82, 2.24) is 9.47 Å². The summed E-state index contributed by atoms with van der Waals surface area (Å²) in [6, 6.07) is 26.5. The van der Waals surface area contributed by atoms with Crippen molar-refractivity contribution in [1.29, 1.82) is 0 Å². The quantitative estimate of drug-likeness (QED) is 0.335. The minimum absolute atomic E-state index is 0.182. The summed E-state index contributed by atoms with van der Waals surface area (Å²) in [5, 5.41) is 19.3. The van der Waals surface area contributed by atoms with Crippen LogP contribution in [0.4, 0.5) is 5.69 Å². The van der Waals surface area contributed by atoms with Crippen molar-refractivity contribution in [3.63, 3.8) is 0 Å². The first-order valence-corrected chi connectivity index (χ1v) is 11.9. The molecule has 0 spiro atoms.